The predicted octanol–water partition coefficient (Wildman–Crippen LogP) is 2.46. The standard InChI is InChI=1S/C7H4Cl2N2O3S2/c8-3-5-10-7(11-14-5)4-1-2-6(15-4)16(9,12)13/h1-2H,3H2. The second kappa shape index (κ2) is 4.33. The highest BCUT2D eigenvalue weighted by molar-refractivity contribution is 8.15. The van der Waals surface area contributed by atoms with Gasteiger partial charge in [-0.3, -0.25) is 0 Å². The first-order valence-electron chi connectivity index (χ1n) is 3.94. The van der Waals surface area contributed by atoms with Crippen LogP contribution in [-0.4, -0.2) is 18.6 Å². The Hall–Kier alpha value is -0.630. The molecule has 0 aromatic carbocycles. The molecule has 86 valence electrons. The lowest BCUT2D eigenvalue weighted by atomic mass is 10.4. The zero-order valence-electron chi connectivity index (χ0n) is 7.55. The minimum atomic E-state index is -3.71. The van der Waals surface area contributed by atoms with Crippen LogP contribution in [0.4, 0.5) is 0 Å². The molecule has 0 unspecified atom stereocenters. The van der Waals surface area contributed by atoms with E-state index in [4.69, 9.17) is 26.8 Å². The Morgan fingerprint density at radius 3 is 2.69 bits per heavy atom. The highest BCUT2D eigenvalue weighted by Crippen LogP contribution is 2.30. The smallest absolute Gasteiger partial charge is 0.270 e. The predicted molar refractivity (Wildman–Crippen MR) is 60.2 cm³/mol. The van der Waals surface area contributed by atoms with Gasteiger partial charge in [-0.2, -0.15) is 4.98 Å². The summed E-state index contributed by atoms with van der Waals surface area (Å²) in [6.07, 6.45) is 0. The van der Waals surface area contributed by atoms with Gasteiger partial charge >= 0.3 is 0 Å². The second-order valence-corrected chi connectivity index (χ2v) is 6.85. The molecule has 0 saturated carbocycles. The molecule has 0 amide bonds. The number of nitrogens with zero attached hydrogens (tertiary/aromatic N) is 2. The average Bonchev–Trinajstić information content (AvgIpc) is 2.85. The lowest BCUT2D eigenvalue weighted by Crippen LogP contribution is -1.83. The van der Waals surface area contributed by atoms with Crippen LogP contribution in [0.3, 0.4) is 0 Å². The van der Waals surface area contributed by atoms with E-state index in [9.17, 15) is 8.42 Å². The molecule has 2 aromatic heterocycles. The molecule has 0 radical (unpaired) electrons. The van der Waals surface area contributed by atoms with E-state index in [-0.39, 0.29) is 16.0 Å². The summed E-state index contributed by atoms with van der Waals surface area (Å²) >= 11 is 6.46. The Bertz CT molecular complexity index is 605. The van der Waals surface area contributed by atoms with Gasteiger partial charge in [-0.25, -0.2) is 8.42 Å². The van der Waals surface area contributed by atoms with Crippen molar-refractivity contribution in [1.29, 1.82) is 0 Å². The van der Waals surface area contributed by atoms with Gasteiger partial charge in [-0.15, -0.1) is 22.9 Å². The van der Waals surface area contributed by atoms with Crippen LogP contribution in [-0.2, 0) is 14.9 Å². The van der Waals surface area contributed by atoms with Gasteiger partial charge in [0.05, 0.1) is 4.88 Å². The van der Waals surface area contributed by atoms with E-state index >= 15 is 0 Å². The highest BCUT2D eigenvalue weighted by Gasteiger charge is 2.16. The molecule has 0 aliphatic heterocycles. The summed E-state index contributed by atoms with van der Waals surface area (Å²) in [5.74, 6) is 0.687. The Morgan fingerprint density at radius 1 is 1.44 bits per heavy atom. The minimum Gasteiger partial charge on any atom is -0.338 e. The number of rotatable bonds is 3. The van der Waals surface area contributed by atoms with Crippen LogP contribution in [0.1, 0.15) is 5.89 Å². The lowest BCUT2D eigenvalue weighted by molar-refractivity contribution is 0.391. The first kappa shape index (κ1) is 11.8. The highest BCUT2D eigenvalue weighted by atomic mass is 35.7. The van der Waals surface area contributed by atoms with Crippen LogP contribution in [0, 0.1) is 0 Å². The normalized spacial score (nSPS) is 11.9. The molecular formula is C7H4Cl2N2O3S2. The molecule has 5 nitrogen and oxygen atoms in total. The summed E-state index contributed by atoms with van der Waals surface area (Å²) in [7, 11) is 1.48. The van der Waals surface area contributed by atoms with Crippen LogP contribution in [0.2, 0.25) is 0 Å². The number of aromatic nitrogens is 2. The van der Waals surface area contributed by atoms with E-state index in [1.807, 2.05) is 0 Å². The first-order valence-corrected chi connectivity index (χ1v) is 7.60. The van der Waals surface area contributed by atoms with Gasteiger partial charge in [0, 0.05) is 10.7 Å². The molecule has 2 aromatic rings. The van der Waals surface area contributed by atoms with Gasteiger partial charge in [-0.05, 0) is 12.1 Å². The largest absolute Gasteiger partial charge is 0.338 e. The van der Waals surface area contributed by atoms with Gasteiger partial charge < -0.3 is 4.52 Å². The van der Waals surface area contributed by atoms with E-state index in [1.54, 1.807) is 6.07 Å². The molecule has 9 heteroatoms. The van der Waals surface area contributed by atoms with Crippen molar-refractivity contribution in [2.24, 2.45) is 0 Å². The van der Waals surface area contributed by atoms with Gasteiger partial charge in [0.1, 0.15) is 10.1 Å². The molecule has 0 atom stereocenters. The van der Waals surface area contributed by atoms with Crippen molar-refractivity contribution in [3.05, 3.63) is 18.0 Å². The fourth-order valence-electron chi connectivity index (χ4n) is 0.981. The number of halogens is 2. The molecule has 0 aliphatic rings. The third-order valence-corrected chi connectivity index (χ3v) is 5.03. The molecule has 0 saturated heterocycles. The van der Waals surface area contributed by atoms with Crippen molar-refractivity contribution in [2.75, 3.05) is 0 Å². The van der Waals surface area contributed by atoms with Crippen molar-refractivity contribution in [1.82, 2.24) is 10.1 Å². The molecule has 0 fully saturated rings. The van der Waals surface area contributed by atoms with Gasteiger partial charge in [0.25, 0.3) is 9.05 Å². The van der Waals surface area contributed by atoms with Gasteiger partial charge in [-0.1, -0.05) is 5.16 Å². The van der Waals surface area contributed by atoms with Crippen LogP contribution in [0.25, 0.3) is 10.7 Å². The summed E-state index contributed by atoms with van der Waals surface area (Å²) in [5.41, 5.74) is 0. The average molecular weight is 299 g/mol. The third kappa shape index (κ3) is 2.37. The van der Waals surface area contributed by atoms with E-state index in [2.05, 4.69) is 10.1 Å². The van der Waals surface area contributed by atoms with E-state index < -0.39 is 9.05 Å². The maximum Gasteiger partial charge on any atom is 0.270 e. The molecule has 0 aliphatic carbocycles. The molecule has 0 N–H and O–H groups in total. The summed E-state index contributed by atoms with van der Waals surface area (Å²) in [4.78, 5) is 4.51. The zero-order valence-corrected chi connectivity index (χ0v) is 10.7. The Morgan fingerprint density at radius 2 is 2.19 bits per heavy atom. The zero-order chi connectivity index (χ0) is 11.8. The Labute approximate surface area is 104 Å². The van der Waals surface area contributed by atoms with Crippen molar-refractivity contribution in [3.8, 4) is 10.7 Å². The number of thiophene rings is 1. The molecule has 2 heterocycles. The Balaban J connectivity index is 2.39. The minimum absolute atomic E-state index is 0.0430. The van der Waals surface area contributed by atoms with Crippen molar-refractivity contribution < 1.29 is 12.9 Å². The lowest BCUT2D eigenvalue weighted by Gasteiger charge is -1.86. The number of alkyl halides is 1. The van der Waals surface area contributed by atoms with Crippen LogP contribution in [0.5, 0.6) is 0 Å². The maximum absolute atomic E-state index is 11.0. The topological polar surface area (TPSA) is 73.1 Å². The van der Waals surface area contributed by atoms with Crippen LogP contribution in [0.15, 0.2) is 20.9 Å². The van der Waals surface area contributed by atoms with E-state index in [0.29, 0.717) is 10.7 Å². The molecule has 0 bridgehead atoms. The molecular weight excluding hydrogens is 295 g/mol. The quantitative estimate of drug-likeness (QED) is 0.643. The van der Waals surface area contributed by atoms with Crippen molar-refractivity contribution in [3.63, 3.8) is 0 Å². The van der Waals surface area contributed by atoms with Gasteiger partial charge in [0.15, 0.2) is 0 Å². The summed E-state index contributed by atoms with van der Waals surface area (Å²) < 4.78 is 26.9. The molecule has 16 heavy (non-hydrogen) atoms. The van der Waals surface area contributed by atoms with Crippen LogP contribution >= 0.6 is 33.6 Å². The van der Waals surface area contributed by atoms with Gasteiger partial charge in [0.2, 0.25) is 11.7 Å². The monoisotopic (exact) mass is 298 g/mol. The van der Waals surface area contributed by atoms with Crippen LogP contribution < -0.4 is 0 Å². The third-order valence-electron chi connectivity index (χ3n) is 1.62. The molecule has 2 rings (SSSR count). The number of hydrogen-bond acceptors (Lipinski definition) is 6. The fraction of sp³-hybridized carbons (Fsp3) is 0.143. The second-order valence-electron chi connectivity index (χ2n) is 2.70. The first-order chi connectivity index (χ1) is 7.50. The maximum atomic E-state index is 11.0. The molecule has 0 spiro atoms. The van der Waals surface area contributed by atoms with E-state index in [0.717, 1.165) is 11.3 Å². The fourth-order valence-corrected chi connectivity index (χ4v) is 3.09. The van der Waals surface area contributed by atoms with Crippen molar-refractivity contribution in [2.45, 2.75) is 10.1 Å². The van der Waals surface area contributed by atoms with Crippen molar-refractivity contribution >= 4 is 42.7 Å². The summed E-state index contributed by atoms with van der Waals surface area (Å²) in [6, 6.07) is 2.95. The van der Waals surface area contributed by atoms with E-state index in [1.165, 1.54) is 6.07 Å². The number of hydrogen-bond donors (Lipinski definition) is 0. The SMILES string of the molecule is O=S(=O)(Cl)c1ccc(-c2noc(CCl)n2)s1. The summed E-state index contributed by atoms with van der Waals surface area (Å²) in [5, 5.41) is 3.65. The Kier molecular flexibility index (Phi) is 3.20. The summed E-state index contributed by atoms with van der Waals surface area (Å²) in [6.45, 7) is 0.